The summed E-state index contributed by atoms with van der Waals surface area (Å²) in [5.74, 6) is 0.784. The van der Waals surface area contributed by atoms with Crippen LogP contribution in [0.3, 0.4) is 0 Å². The Morgan fingerprint density at radius 1 is 1.33 bits per heavy atom. The average molecular weight is 280 g/mol. The number of carbonyl (C=O) groups excluding carboxylic acids is 1. The van der Waals surface area contributed by atoms with E-state index in [1.54, 1.807) is 11.1 Å². The van der Waals surface area contributed by atoms with Gasteiger partial charge in [-0.2, -0.15) is 0 Å². The van der Waals surface area contributed by atoms with Gasteiger partial charge in [0.1, 0.15) is 0 Å². The maximum atomic E-state index is 12.7. The number of carbonyl (C=O) groups is 1. The van der Waals surface area contributed by atoms with E-state index in [0.29, 0.717) is 5.70 Å². The zero-order chi connectivity index (χ0) is 15.0. The van der Waals surface area contributed by atoms with Crippen molar-refractivity contribution >= 4 is 11.5 Å². The number of benzene rings is 1. The molecule has 0 saturated heterocycles. The number of hydrogen-bond acceptors (Lipinski definition) is 3. The molecule has 0 amide bonds. The molecule has 1 saturated carbocycles. The standard InChI is InChI=1S/C18H20N2O/c1-4-20(3)17-12(2)16(19-11-13-9-10-13)14-7-5-6-8-15(14)18(17)21/h4-8,13H,1,9-11H2,2-3H3. The summed E-state index contributed by atoms with van der Waals surface area (Å²) in [6.07, 6.45) is 4.22. The minimum absolute atomic E-state index is 0.0517. The van der Waals surface area contributed by atoms with E-state index in [1.165, 1.54) is 12.8 Å². The van der Waals surface area contributed by atoms with Gasteiger partial charge in [0.2, 0.25) is 5.78 Å². The van der Waals surface area contributed by atoms with Crippen molar-refractivity contribution in [1.29, 1.82) is 0 Å². The van der Waals surface area contributed by atoms with Crippen molar-refractivity contribution < 1.29 is 4.79 Å². The molecule has 1 aromatic rings. The summed E-state index contributed by atoms with van der Waals surface area (Å²) in [5.41, 5.74) is 4.28. The first-order valence-corrected chi connectivity index (χ1v) is 7.38. The van der Waals surface area contributed by atoms with Crippen molar-refractivity contribution in [2.75, 3.05) is 13.6 Å². The normalized spacial score (nSPS) is 19.7. The molecule has 0 unspecified atom stereocenters. The van der Waals surface area contributed by atoms with Crippen LogP contribution in [-0.4, -0.2) is 30.0 Å². The van der Waals surface area contributed by atoms with Crippen molar-refractivity contribution in [2.45, 2.75) is 19.8 Å². The summed E-state index contributed by atoms with van der Waals surface area (Å²) < 4.78 is 0. The van der Waals surface area contributed by atoms with E-state index in [2.05, 4.69) is 6.58 Å². The lowest BCUT2D eigenvalue weighted by atomic mass is 9.86. The Hall–Kier alpha value is -2.16. The van der Waals surface area contributed by atoms with Gasteiger partial charge >= 0.3 is 0 Å². The molecule has 0 spiro atoms. The van der Waals surface area contributed by atoms with E-state index in [4.69, 9.17) is 4.99 Å². The first-order chi connectivity index (χ1) is 10.1. The van der Waals surface area contributed by atoms with E-state index < -0.39 is 0 Å². The summed E-state index contributed by atoms with van der Waals surface area (Å²) in [4.78, 5) is 19.3. The first-order valence-electron chi connectivity index (χ1n) is 7.38. The van der Waals surface area contributed by atoms with Crippen molar-refractivity contribution in [3.63, 3.8) is 0 Å². The molecule has 2 aliphatic carbocycles. The topological polar surface area (TPSA) is 32.7 Å². The summed E-state index contributed by atoms with van der Waals surface area (Å²) in [5, 5.41) is 0. The number of aliphatic imine (C=N–C) groups is 1. The summed E-state index contributed by atoms with van der Waals surface area (Å²) >= 11 is 0. The highest BCUT2D eigenvalue weighted by molar-refractivity contribution is 6.28. The summed E-state index contributed by atoms with van der Waals surface area (Å²) in [6.45, 7) is 6.61. The monoisotopic (exact) mass is 280 g/mol. The number of nitrogens with zero attached hydrogens (tertiary/aromatic N) is 2. The van der Waals surface area contributed by atoms with Gasteiger partial charge in [0, 0.05) is 30.3 Å². The molecule has 21 heavy (non-hydrogen) atoms. The molecule has 1 aromatic carbocycles. The molecule has 2 aliphatic rings. The van der Waals surface area contributed by atoms with Crippen molar-refractivity contribution in [3.05, 3.63) is 59.4 Å². The molecule has 0 atom stereocenters. The van der Waals surface area contributed by atoms with Crippen molar-refractivity contribution in [3.8, 4) is 0 Å². The zero-order valence-corrected chi connectivity index (χ0v) is 12.6. The number of rotatable bonds is 4. The lowest BCUT2D eigenvalue weighted by molar-refractivity contribution is 0.101. The predicted molar refractivity (Wildman–Crippen MR) is 85.6 cm³/mol. The number of likely N-dealkylation sites (N-methyl/N-ethyl adjacent to an activating group) is 1. The molecule has 0 bridgehead atoms. The highest BCUT2D eigenvalue weighted by Gasteiger charge is 2.30. The van der Waals surface area contributed by atoms with Gasteiger partial charge in [-0.3, -0.25) is 9.79 Å². The second-order valence-electron chi connectivity index (χ2n) is 5.77. The molecule has 3 nitrogen and oxygen atoms in total. The Bertz CT molecular complexity index is 666. The van der Waals surface area contributed by atoms with Crippen molar-refractivity contribution in [2.24, 2.45) is 10.9 Å². The highest BCUT2D eigenvalue weighted by atomic mass is 16.1. The van der Waals surface area contributed by atoms with Crippen LogP contribution >= 0.6 is 0 Å². The molecule has 3 rings (SSSR count). The summed E-state index contributed by atoms with van der Waals surface area (Å²) in [7, 11) is 1.86. The second-order valence-corrected chi connectivity index (χ2v) is 5.77. The second kappa shape index (κ2) is 5.32. The van der Waals surface area contributed by atoms with Gasteiger partial charge in [-0.05, 0) is 31.9 Å². The molecule has 108 valence electrons. The van der Waals surface area contributed by atoms with Crippen LogP contribution in [0.4, 0.5) is 0 Å². The van der Waals surface area contributed by atoms with Gasteiger partial charge in [-0.25, -0.2) is 0 Å². The third-order valence-corrected chi connectivity index (χ3v) is 4.18. The van der Waals surface area contributed by atoms with Crippen LogP contribution in [0.5, 0.6) is 0 Å². The predicted octanol–water partition coefficient (Wildman–Crippen LogP) is 3.43. The molecular weight excluding hydrogens is 260 g/mol. The van der Waals surface area contributed by atoms with Crippen LogP contribution in [0.1, 0.15) is 35.7 Å². The SMILES string of the molecule is C=CN(C)C1=C(C)C(=NCC2CC2)c2ccccc2C1=O. The Morgan fingerprint density at radius 3 is 2.62 bits per heavy atom. The van der Waals surface area contributed by atoms with Crippen LogP contribution in [0, 0.1) is 5.92 Å². The summed E-state index contributed by atoms with van der Waals surface area (Å²) in [6, 6.07) is 7.75. The fraction of sp³-hybridized carbons (Fsp3) is 0.333. The van der Waals surface area contributed by atoms with Crippen LogP contribution in [0.2, 0.25) is 0 Å². The number of Topliss-reactive ketones (excluding diaryl/α,β-unsaturated/α-hetero) is 1. The van der Waals surface area contributed by atoms with Crippen LogP contribution in [0.25, 0.3) is 0 Å². The first kappa shape index (κ1) is 13.8. The third-order valence-electron chi connectivity index (χ3n) is 4.18. The van der Waals surface area contributed by atoms with E-state index in [1.807, 2.05) is 38.2 Å². The van der Waals surface area contributed by atoms with Gasteiger partial charge in [-0.15, -0.1) is 0 Å². The molecule has 0 aromatic heterocycles. The number of fused-ring (bicyclic) bond motifs is 1. The Labute approximate surface area is 125 Å². The van der Waals surface area contributed by atoms with Gasteiger partial charge < -0.3 is 4.90 Å². The van der Waals surface area contributed by atoms with Crippen molar-refractivity contribution in [1.82, 2.24) is 4.90 Å². The lowest BCUT2D eigenvalue weighted by Gasteiger charge is -2.26. The van der Waals surface area contributed by atoms with E-state index in [9.17, 15) is 4.79 Å². The maximum Gasteiger partial charge on any atom is 0.210 e. The molecule has 0 radical (unpaired) electrons. The van der Waals surface area contributed by atoms with E-state index in [0.717, 1.165) is 34.9 Å². The van der Waals surface area contributed by atoms with Gasteiger partial charge in [-0.1, -0.05) is 30.8 Å². The van der Waals surface area contributed by atoms with Crippen LogP contribution in [0.15, 0.2) is 53.3 Å². The molecule has 0 aliphatic heterocycles. The highest BCUT2D eigenvalue weighted by Crippen LogP contribution is 2.32. The van der Waals surface area contributed by atoms with Crippen LogP contribution < -0.4 is 0 Å². The Morgan fingerprint density at radius 2 is 2.00 bits per heavy atom. The number of hydrogen-bond donors (Lipinski definition) is 0. The van der Waals surface area contributed by atoms with Gasteiger partial charge in [0.15, 0.2) is 0 Å². The fourth-order valence-corrected chi connectivity index (χ4v) is 2.74. The number of allylic oxidation sites excluding steroid dienone is 2. The molecular formula is C18H20N2O. The smallest absolute Gasteiger partial charge is 0.210 e. The molecule has 3 heteroatoms. The Balaban J connectivity index is 2.13. The Kier molecular flexibility index (Phi) is 3.50. The average Bonchev–Trinajstić information content (AvgIpc) is 3.31. The molecule has 0 N–H and O–H groups in total. The number of ketones is 1. The maximum absolute atomic E-state index is 12.7. The minimum Gasteiger partial charge on any atom is -0.348 e. The molecule has 1 fully saturated rings. The third kappa shape index (κ3) is 2.44. The van der Waals surface area contributed by atoms with Crippen LogP contribution in [-0.2, 0) is 0 Å². The molecule has 0 heterocycles. The lowest BCUT2D eigenvalue weighted by Crippen LogP contribution is -2.29. The zero-order valence-electron chi connectivity index (χ0n) is 12.6. The van der Waals surface area contributed by atoms with Gasteiger partial charge in [0.05, 0.1) is 11.4 Å². The fourth-order valence-electron chi connectivity index (χ4n) is 2.74. The van der Waals surface area contributed by atoms with E-state index in [-0.39, 0.29) is 5.78 Å². The minimum atomic E-state index is 0.0517. The van der Waals surface area contributed by atoms with E-state index >= 15 is 0 Å². The quantitative estimate of drug-likeness (QED) is 0.846. The largest absolute Gasteiger partial charge is 0.348 e. The van der Waals surface area contributed by atoms with Gasteiger partial charge in [0.25, 0.3) is 0 Å².